The third-order valence-corrected chi connectivity index (χ3v) is 4.47. The minimum atomic E-state index is -0.773. The molecule has 2 fully saturated rings. The zero-order valence-corrected chi connectivity index (χ0v) is 12.7. The van der Waals surface area contributed by atoms with Gasteiger partial charge in [-0.05, 0) is 49.9 Å². The van der Waals surface area contributed by atoms with Crippen molar-refractivity contribution in [3.63, 3.8) is 0 Å². The Morgan fingerprint density at radius 1 is 1.24 bits per heavy atom. The largest absolute Gasteiger partial charge is 0.338 e. The molecule has 1 aromatic carbocycles. The van der Waals surface area contributed by atoms with Gasteiger partial charge in [0.1, 0.15) is 11.6 Å². The molecule has 3 rings (SSSR count). The topological polar surface area (TPSA) is 32.3 Å². The van der Waals surface area contributed by atoms with Crippen molar-refractivity contribution in [2.45, 2.75) is 13.3 Å². The summed E-state index contributed by atoms with van der Waals surface area (Å²) in [5.74, 6) is -0.630. The monoisotopic (exact) mass is 316 g/mol. The van der Waals surface area contributed by atoms with Crippen molar-refractivity contribution >= 4 is 18.3 Å². The summed E-state index contributed by atoms with van der Waals surface area (Å²) in [6.07, 6.45) is 0.950. The summed E-state index contributed by atoms with van der Waals surface area (Å²) in [7, 11) is 0. The summed E-state index contributed by atoms with van der Waals surface area (Å²) in [4.78, 5) is 14.1. The van der Waals surface area contributed by atoms with Crippen molar-refractivity contribution in [1.29, 1.82) is 0 Å². The Morgan fingerprint density at radius 3 is 2.71 bits per heavy atom. The second-order valence-corrected chi connectivity index (χ2v) is 5.80. The molecular weight excluding hydrogens is 298 g/mol. The van der Waals surface area contributed by atoms with E-state index in [1.165, 1.54) is 6.07 Å². The van der Waals surface area contributed by atoms with Gasteiger partial charge >= 0.3 is 0 Å². The van der Waals surface area contributed by atoms with Crippen LogP contribution >= 0.6 is 12.4 Å². The number of carbonyl (C=O) groups excluding carboxylic acids is 1. The molecule has 3 nitrogen and oxygen atoms in total. The molecule has 2 aliphatic heterocycles. The lowest BCUT2D eigenvalue weighted by Gasteiger charge is -2.34. The predicted molar refractivity (Wildman–Crippen MR) is 78.7 cm³/mol. The molecule has 116 valence electrons. The van der Waals surface area contributed by atoms with Crippen molar-refractivity contribution < 1.29 is 13.6 Å². The van der Waals surface area contributed by atoms with Gasteiger partial charge in [-0.2, -0.15) is 0 Å². The molecule has 2 atom stereocenters. The molecule has 0 saturated carbocycles. The molecule has 2 saturated heterocycles. The highest BCUT2D eigenvalue weighted by Crippen LogP contribution is 2.28. The van der Waals surface area contributed by atoms with Crippen LogP contribution in [0.1, 0.15) is 22.3 Å². The third kappa shape index (κ3) is 3.04. The lowest BCUT2D eigenvalue weighted by Crippen LogP contribution is -2.43. The molecule has 6 heteroatoms. The van der Waals surface area contributed by atoms with Gasteiger partial charge in [0.05, 0.1) is 5.56 Å². The molecule has 21 heavy (non-hydrogen) atoms. The molecule has 0 aromatic heterocycles. The number of benzene rings is 1. The van der Waals surface area contributed by atoms with E-state index >= 15 is 0 Å². The van der Waals surface area contributed by atoms with Gasteiger partial charge in [0.25, 0.3) is 5.91 Å². The van der Waals surface area contributed by atoms with Crippen LogP contribution in [0.2, 0.25) is 0 Å². The van der Waals surface area contributed by atoms with Crippen LogP contribution in [-0.4, -0.2) is 37.0 Å². The SMILES string of the molecule is Cc1cc(C(=O)N2CCC3CNCC3C2)c(F)cc1F.Cl. The van der Waals surface area contributed by atoms with E-state index in [4.69, 9.17) is 0 Å². The Labute approximate surface area is 129 Å². The van der Waals surface area contributed by atoms with Crippen molar-refractivity contribution in [2.24, 2.45) is 11.8 Å². The summed E-state index contributed by atoms with van der Waals surface area (Å²) in [5, 5.41) is 3.33. The summed E-state index contributed by atoms with van der Waals surface area (Å²) >= 11 is 0. The number of rotatable bonds is 1. The minimum absolute atomic E-state index is 0. The minimum Gasteiger partial charge on any atom is -0.338 e. The maximum Gasteiger partial charge on any atom is 0.256 e. The predicted octanol–water partition coefficient (Wildman–Crippen LogP) is 2.38. The fourth-order valence-corrected chi connectivity index (χ4v) is 3.21. The highest BCUT2D eigenvalue weighted by molar-refractivity contribution is 5.94. The first-order chi connectivity index (χ1) is 9.56. The van der Waals surface area contributed by atoms with Crippen LogP contribution < -0.4 is 5.32 Å². The summed E-state index contributed by atoms with van der Waals surface area (Å²) < 4.78 is 27.1. The standard InChI is InChI=1S/C15H18F2N2O.ClH/c1-9-4-12(14(17)5-13(9)16)15(20)19-3-2-10-6-18-7-11(10)8-19;/h4-5,10-11,18H,2-3,6-8H2,1H3;1H. The summed E-state index contributed by atoms with van der Waals surface area (Å²) in [5.41, 5.74) is 0.278. The molecule has 0 radical (unpaired) electrons. The van der Waals surface area contributed by atoms with E-state index in [0.29, 0.717) is 30.5 Å². The number of nitrogens with zero attached hydrogens (tertiary/aromatic N) is 1. The van der Waals surface area contributed by atoms with Crippen LogP contribution in [0.5, 0.6) is 0 Å². The number of halogens is 3. The second-order valence-electron chi connectivity index (χ2n) is 5.80. The number of piperidine rings is 1. The van der Waals surface area contributed by atoms with Crippen molar-refractivity contribution in [3.8, 4) is 0 Å². The Kier molecular flexibility index (Phi) is 4.84. The van der Waals surface area contributed by atoms with Crippen LogP contribution in [-0.2, 0) is 0 Å². The van der Waals surface area contributed by atoms with Crippen LogP contribution in [0.15, 0.2) is 12.1 Å². The molecule has 1 aromatic rings. The highest BCUT2D eigenvalue weighted by atomic mass is 35.5. The number of fused-ring (bicyclic) bond motifs is 1. The van der Waals surface area contributed by atoms with Gasteiger partial charge in [0.2, 0.25) is 0 Å². The average Bonchev–Trinajstić information content (AvgIpc) is 2.89. The van der Waals surface area contributed by atoms with Gasteiger partial charge in [-0.1, -0.05) is 0 Å². The molecule has 0 bridgehead atoms. The maximum absolute atomic E-state index is 13.8. The Hall–Kier alpha value is -1.20. The van der Waals surface area contributed by atoms with E-state index in [0.717, 1.165) is 25.6 Å². The van der Waals surface area contributed by atoms with Crippen molar-refractivity contribution in [1.82, 2.24) is 10.2 Å². The molecule has 2 heterocycles. The smallest absolute Gasteiger partial charge is 0.256 e. The fraction of sp³-hybridized carbons (Fsp3) is 0.533. The van der Waals surface area contributed by atoms with Gasteiger partial charge in [0.15, 0.2) is 0 Å². The van der Waals surface area contributed by atoms with E-state index in [-0.39, 0.29) is 23.9 Å². The summed E-state index contributed by atoms with van der Waals surface area (Å²) in [6.45, 7) is 4.78. The number of hydrogen-bond donors (Lipinski definition) is 1. The van der Waals surface area contributed by atoms with Crippen molar-refractivity contribution in [2.75, 3.05) is 26.2 Å². The fourth-order valence-electron chi connectivity index (χ4n) is 3.21. The maximum atomic E-state index is 13.8. The molecule has 2 unspecified atom stereocenters. The number of hydrogen-bond acceptors (Lipinski definition) is 2. The molecular formula is C15H19ClF2N2O. The number of likely N-dealkylation sites (tertiary alicyclic amines) is 1. The average molecular weight is 317 g/mol. The van der Waals surface area contributed by atoms with E-state index in [2.05, 4.69) is 5.32 Å². The number of carbonyl (C=O) groups is 1. The lowest BCUT2D eigenvalue weighted by atomic mass is 9.88. The molecule has 0 spiro atoms. The van der Waals surface area contributed by atoms with Crippen LogP contribution in [0, 0.1) is 30.4 Å². The summed E-state index contributed by atoms with van der Waals surface area (Å²) in [6, 6.07) is 2.11. The van der Waals surface area contributed by atoms with Gasteiger partial charge in [-0.3, -0.25) is 4.79 Å². The lowest BCUT2D eigenvalue weighted by molar-refractivity contribution is 0.0637. The Morgan fingerprint density at radius 2 is 1.95 bits per heavy atom. The molecule has 1 N–H and O–H groups in total. The van der Waals surface area contributed by atoms with Crippen molar-refractivity contribution in [3.05, 3.63) is 34.9 Å². The van der Waals surface area contributed by atoms with Crippen LogP contribution in [0.4, 0.5) is 8.78 Å². The molecule has 0 aliphatic carbocycles. The first-order valence-electron chi connectivity index (χ1n) is 7.02. The first-order valence-corrected chi connectivity index (χ1v) is 7.02. The van der Waals surface area contributed by atoms with Crippen LogP contribution in [0.3, 0.4) is 0 Å². The molecule has 2 aliphatic rings. The van der Waals surface area contributed by atoms with Gasteiger partial charge in [0, 0.05) is 19.2 Å². The first kappa shape index (κ1) is 16.2. The molecule has 1 amide bonds. The van der Waals surface area contributed by atoms with Gasteiger partial charge < -0.3 is 10.2 Å². The number of nitrogens with one attached hydrogen (secondary N) is 1. The third-order valence-electron chi connectivity index (χ3n) is 4.47. The van der Waals surface area contributed by atoms with Gasteiger partial charge in [-0.25, -0.2) is 8.78 Å². The Balaban J connectivity index is 0.00000161. The number of amides is 1. The normalized spacial score (nSPS) is 24.4. The van der Waals surface area contributed by atoms with E-state index in [1.54, 1.807) is 11.8 Å². The van der Waals surface area contributed by atoms with E-state index in [1.807, 2.05) is 0 Å². The van der Waals surface area contributed by atoms with E-state index < -0.39 is 11.6 Å². The van der Waals surface area contributed by atoms with E-state index in [9.17, 15) is 13.6 Å². The zero-order chi connectivity index (χ0) is 14.3. The number of aryl methyl sites for hydroxylation is 1. The zero-order valence-electron chi connectivity index (χ0n) is 11.9. The highest BCUT2D eigenvalue weighted by Gasteiger charge is 2.35. The quantitative estimate of drug-likeness (QED) is 0.863. The van der Waals surface area contributed by atoms with Gasteiger partial charge in [-0.15, -0.1) is 12.4 Å². The second kappa shape index (κ2) is 6.28. The van der Waals surface area contributed by atoms with Crippen LogP contribution in [0.25, 0.3) is 0 Å². The Bertz CT molecular complexity index is 553.